The number of benzene rings is 1. The van der Waals surface area contributed by atoms with Crippen molar-refractivity contribution >= 4 is 0 Å². The van der Waals surface area contributed by atoms with Gasteiger partial charge in [-0.3, -0.25) is 14.8 Å². The fourth-order valence-corrected chi connectivity index (χ4v) is 5.50. The Balaban J connectivity index is 1.30. The van der Waals surface area contributed by atoms with E-state index in [0.29, 0.717) is 43.0 Å². The number of nitrogens with two attached hydrogens (primary N) is 1. The lowest BCUT2D eigenvalue weighted by atomic mass is 9.97. The first-order valence-corrected chi connectivity index (χ1v) is 13.6. The van der Waals surface area contributed by atoms with Crippen LogP contribution in [0.5, 0.6) is 5.75 Å². The Bertz CT molecular complexity index is 1140. The predicted octanol–water partition coefficient (Wildman–Crippen LogP) is 4.95. The second-order valence-corrected chi connectivity index (χ2v) is 11.0. The first-order valence-electron chi connectivity index (χ1n) is 13.6. The molecule has 0 bridgehead atoms. The highest BCUT2D eigenvalue weighted by Gasteiger charge is 2.58. The highest BCUT2D eigenvalue weighted by molar-refractivity contribution is 5.61. The molecule has 3 N–H and O–H groups in total. The van der Waals surface area contributed by atoms with Gasteiger partial charge < -0.3 is 20.3 Å². The van der Waals surface area contributed by atoms with Crippen LogP contribution in [0.1, 0.15) is 44.4 Å². The molecule has 7 nitrogen and oxygen atoms in total. The number of aliphatic hydroxyl groups is 1. The van der Waals surface area contributed by atoms with Gasteiger partial charge in [0, 0.05) is 17.6 Å². The molecule has 0 aliphatic carbocycles. The minimum absolute atomic E-state index is 0.00110. The summed E-state index contributed by atoms with van der Waals surface area (Å²) in [5, 5.41) is 11.0. The molecule has 2 fully saturated rings. The molecule has 228 valence electrons. The quantitative estimate of drug-likeness (QED) is 0.283. The molecule has 0 radical (unpaired) electrons. The van der Waals surface area contributed by atoms with Gasteiger partial charge in [0.15, 0.2) is 0 Å². The highest BCUT2D eigenvalue weighted by Crippen LogP contribution is 2.38. The molecule has 2 aliphatic rings. The van der Waals surface area contributed by atoms with Crippen LogP contribution in [0.2, 0.25) is 0 Å². The number of hydrogen-bond acceptors (Lipinski definition) is 7. The van der Waals surface area contributed by atoms with Crippen molar-refractivity contribution in [3.8, 4) is 17.0 Å². The average molecular weight is 591 g/mol. The second-order valence-electron chi connectivity index (χ2n) is 11.0. The standard InChI is InChI=1S/C28H36F6N4O3/c1-26(17-40-18-35)9-2-10-38(26)25(39)20-3-5-22(23(29)13-20)24-6-4-21(14-36-24)41-15-19-7-11-37(12-8-19)16-27(30,31)28(32,33)34/h3-6,13-14,19,25,39H,2,7-12,15-18,35H2,1H3/t25?,26-/m0/s1. The maximum absolute atomic E-state index is 15.1. The Morgan fingerprint density at radius 1 is 1.12 bits per heavy atom. The van der Waals surface area contributed by atoms with Gasteiger partial charge in [-0.1, -0.05) is 6.07 Å². The summed E-state index contributed by atoms with van der Waals surface area (Å²) in [6.07, 6.45) is -2.57. The molecule has 2 saturated heterocycles. The lowest BCUT2D eigenvalue weighted by Crippen LogP contribution is -2.49. The Hall–Kier alpha value is -2.45. The second kappa shape index (κ2) is 12.8. The smallest absolute Gasteiger partial charge is 0.454 e. The first kappa shape index (κ1) is 31.5. The molecule has 1 unspecified atom stereocenters. The van der Waals surface area contributed by atoms with Crippen LogP contribution < -0.4 is 10.5 Å². The van der Waals surface area contributed by atoms with Gasteiger partial charge in [0.25, 0.3) is 0 Å². The molecule has 1 aromatic heterocycles. The third kappa shape index (κ3) is 7.50. The summed E-state index contributed by atoms with van der Waals surface area (Å²) in [4.78, 5) is 7.31. The number of aromatic nitrogens is 1. The molecular formula is C28H36F6N4O3. The zero-order valence-electron chi connectivity index (χ0n) is 22.8. The highest BCUT2D eigenvalue weighted by atomic mass is 19.4. The van der Waals surface area contributed by atoms with Gasteiger partial charge >= 0.3 is 12.1 Å². The molecule has 2 atom stereocenters. The van der Waals surface area contributed by atoms with Crippen molar-refractivity contribution < 1.29 is 40.9 Å². The molecule has 0 amide bonds. The Morgan fingerprint density at radius 3 is 2.46 bits per heavy atom. The number of alkyl halides is 5. The molecule has 0 saturated carbocycles. The van der Waals surface area contributed by atoms with Crippen LogP contribution in [0.15, 0.2) is 36.5 Å². The normalized spacial score (nSPS) is 22.3. The molecule has 2 aliphatic heterocycles. The van der Waals surface area contributed by atoms with E-state index in [2.05, 4.69) is 4.98 Å². The maximum Gasteiger partial charge on any atom is 0.454 e. The predicted molar refractivity (Wildman–Crippen MR) is 140 cm³/mol. The number of rotatable bonds is 11. The van der Waals surface area contributed by atoms with E-state index in [9.17, 15) is 27.1 Å². The summed E-state index contributed by atoms with van der Waals surface area (Å²) < 4.78 is 90.2. The van der Waals surface area contributed by atoms with Crippen molar-refractivity contribution in [3.05, 3.63) is 47.9 Å². The summed E-state index contributed by atoms with van der Waals surface area (Å²) in [5.41, 5.74) is 6.10. The zero-order valence-corrected chi connectivity index (χ0v) is 22.8. The van der Waals surface area contributed by atoms with E-state index >= 15 is 4.39 Å². The van der Waals surface area contributed by atoms with E-state index in [1.807, 2.05) is 11.8 Å². The van der Waals surface area contributed by atoms with E-state index < -0.39 is 36.2 Å². The van der Waals surface area contributed by atoms with Crippen LogP contribution in [-0.4, -0.2) is 83.7 Å². The van der Waals surface area contributed by atoms with Crippen LogP contribution in [0.25, 0.3) is 11.3 Å². The van der Waals surface area contributed by atoms with Gasteiger partial charge in [0.2, 0.25) is 0 Å². The van der Waals surface area contributed by atoms with Gasteiger partial charge in [-0.25, -0.2) is 4.39 Å². The maximum atomic E-state index is 15.1. The van der Waals surface area contributed by atoms with Crippen molar-refractivity contribution in [2.24, 2.45) is 11.7 Å². The van der Waals surface area contributed by atoms with E-state index in [-0.39, 0.29) is 37.9 Å². The Labute approximate surface area is 235 Å². The lowest BCUT2D eigenvalue weighted by molar-refractivity contribution is -0.287. The van der Waals surface area contributed by atoms with Crippen molar-refractivity contribution in [1.29, 1.82) is 0 Å². The van der Waals surface area contributed by atoms with Crippen LogP contribution >= 0.6 is 0 Å². The molecule has 2 aromatic rings. The number of ether oxygens (including phenoxy) is 2. The molecule has 13 heteroatoms. The van der Waals surface area contributed by atoms with E-state index in [1.54, 1.807) is 24.3 Å². The van der Waals surface area contributed by atoms with Crippen LogP contribution in [0.3, 0.4) is 0 Å². The van der Waals surface area contributed by atoms with E-state index in [4.69, 9.17) is 15.2 Å². The van der Waals surface area contributed by atoms with Crippen molar-refractivity contribution in [2.45, 2.75) is 56.5 Å². The van der Waals surface area contributed by atoms with Crippen LogP contribution in [0, 0.1) is 11.7 Å². The summed E-state index contributed by atoms with van der Waals surface area (Å²) in [5.74, 6) is -4.84. The monoisotopic (exact) mass is 590 g/mol. The van der Waals surface area contributed by atoms with Gasteiger partial charge in [-0.15, -0.1) is 0 Å². The molecule has 0 spiro atoms. The average Bonchev–Trinajstić information content (AvgIpc) is 3.32. The molecule has 4 rings (SSSR count). The van der Waals surface area contributed by atoms with E-state index in [0.717, 1.165) is 17.7 Å². The Kier molecular flexibility index (Phi) is 9.85. The van der Waals surface area contributed by atoms with Gasteiger partial charge in [-0.2, -0.15) is 22.0 Å². The lowest BCUT2D eigenvalue weighted by Gasteiger charge is -2.38. The third-order valence-electron chi connectivity index (χ3n) is 7.97. The number of pyridine rings is 1. The van der Waals surface area contributed by atoms with Crippen molar-refractivity contribution in [3.63, 3.8) is 0 Å². The first-order chi connectivity index (χ1) is 19.3. The molecule has 3 heterocycles. The molecule has 41 heavy (non-hydrogen) atoms. The Morgan fingerprint density at radius 2 is 1.85 bits per heavy atom. The van der Waals surface area contributed by atoms with Gasteiger partial charge in [0.05, 0.1) is 38.4 Å². The van der Waals surface area contributed by atoms with E-state index in [1.165, 1.54) is 12.3 Å². The fraction of sp³-hybridized carbons (Fsp3) is 0.607. The minimum atomic E-state index is -5.56. The summed E-state index contributed by atoms with van der Waals surface area (Å²) >= 11 is 0. The fourth-order valence-electron chi connectivity index (χ4n) is 5.50. The van der Waals surface area contributed by atoms with Gasteiger partial charge in [0.1, 0.15) is 17.8 Å². The molecule has 1 aromatic carbocycles. The van der Waals surface area contributed by atoms with Crippen molar-refractivity contribution in [1.82, 2.24) is 14.8 Å². The third-order valence-corrected chi connectivity index (χ3v) is 7.97. The number of likely N-dealkylation sites (tertiary alicyclic amines) is 2. The number of halogens is 6. The number of hydrogen-bond donors (Lipinski definition) is 2. The van der Waals surface area contributed by atoms with Crippen LogP contribution in [-0.2, 0) is 4.74 Å². The van der Waals surface area contributed by atoms with Gasteiger partial charge in [-0.05, 0) is 81.4 Å². The van der Waals surface area contributed by atoms with Crippen molar-refractivity contribution in [2.75, 3.05) is 46.1 Å². The summed E-state index contributed by atoms with van der Waals surface area (Å²) in [6.45, 7) is 2.24. The minimum Gasteiger partial charge on any atom is -0.492 e. The van der Waals surface area contributed by atoms with Crippen LogP contribution in [0.4, 0.5) is 26.3 Å². The largest absolute Gasteiger partial charge is 0.492 e. The number of nitrogens with zero attached hydrogens (tertiary/aromatic N) is 3. The topological polar surface area (TPSA) is 84.1 Å². The zero-order chi connectivity index (χ0) is 29.8. The molecular weight excluding hydrogens is 554 g/mol. The number of piperidine rings is 1. The summed E-state index contributed by atoms with van der Waals surface area (Å²) in [7, 11) is 0. The SMILES string of the molecule is C[C@@]1(COCN)CCCN1C(O)c1ccc(-c2ccc(OCC3CCN(CC(F)(F)C(F)(F)F)CC3)cn2)c(F)c1. The summed E-state index contributed by atoms with van der Waals surface area (Å²) in [6, 6.07) is 7.76. The number of aliphatic hydroxyl groups excluding tert-OH is 1.